The molecule has 3 heterocycles. The van der Waals surface area contributed by atoms with Gasteiger partial charge in [-0.3, -0.25) is 4.79 Å². The number of hydrogen-bond acceptors (Lipinski definition) is 6. The number of rotatable bonds is 5. The molecule has 1 amide bonds. The van der Waals surface area contributed by atoms with E-state index in [9.17, 15) is 9.59 Å². The number of fused-ring (bicyclic) bond motifs is 2. The minimum atomic E-state index is -0.381. The molecule has 0 bridgehead atoms. The fraction of sp³-hybridized carbons (Fsp3) is 0.321. The van der Waals surface area contributed by atoms with Crippen molar-refractivity contribution in [3.8, 4) is 11.5 Å². The zero-order valence-electron chi connectivity index (χ0n) is 20.3. The number of hydrogen-bond donors (Lipinski definition) is 1. The number of carbonyl (C=O) groups is 2. The second kappa shape index (κ2) is 9.30. The van der Waals surface area contributed by atoms with Crippen LogP contribution in [-0.2, 0) is 17.6 Å². The molecule has 180 valence electrons. The number of pyridine rings is 1. The van der Waals surface area contributed by atoms with Crippen LogP contribution in [0.1, 0.15) is 64.1 Å². The molecule has 4 aromatic rings. The largest absolute Gasteiger partial charge is 0.460 e. The third kappa shape index (κ3) is 4.60. The van der Waals surface area contributed by atoms with E-state index in [0.29, 0.717) is 39.0 Å². The summed E-state index contributed by atoms with van der Waals surface area (Å²) in [6, 6.07) is 13.0. The summed E-state index contributed by atoms with van der Waals surface area (Å²) in [5.74, 6) is 1.24. The second-order valence-electron chi connectivity index (χ2n) is 9.45. The zero-order valence-corrected chi connectivity index (χ0v) is 21.1. The predicted octanol–water partition coefficient (Wildman–Crippen LogP) is 6.81. The van der Waals surface area contributed by atoms with Gasteiger partial charge in [-0.1, -0.05) is 25.1 Å². The number of aromatic nitrogens is 1. The van der Waals surface area contributed by atoms with Crippen LogP contribution in [0.25, 0.3) is 22.4 Å². The van der Waals surface area contributed by atoms with Gasteiger partial charge in [-0.05, 0) is 75.8 Å². The van der Waals surface area contributed by atoms with Gasteiger partial charge in [-0.15, -0.1) is 11.3 Å². The number of thiophene rings is 1. The smallest absolute Gasteiger partial charge is 0.341 e. The molecule has 1 aliphatic rings. The highest BCUT2D eigenvalue weighted by molar-refractivity contribution is 7.17. The zero-order chi connectivity index (χ0) is 24.7. The van der Waals surface area contributed by atoms with E-state index in [1.165, 1.54) is 11.3 Å². The molecule has 0 spiro atoms. The van der Waals surface area contributed by atoms with E-state index in [4.69, 9.17) is 14.1 Å². The number of para-hydroxylation sites is 1. The molecule has 0 saturated carbocycles. The summed E-state index contributed by atoms with van der Waals surface area (Å²) in [6.45, 7) is 7.75. The third-order valence-corrected chi connectivity index (χ3v) is 7.41. The van der Waals surface area contributed by atoms with Crippen LogP contribution >= 0.6 is 11.3 Å². The molecule has 1 unspecified atom stereocenters. The Hall–Kier alpha value is -3.45. The summed E-state index contributed by atoms with van der Waals surface area (Å²) in [5.41, 5.74) is 3.27. The number of carbonyl (C=O) groups excluding carboxylic acids is 2. The standard InChI is InChI=1S/C28H28N2O4S/c1-15(2)33-28(32)25-19-11-9-16(3)13-24(19)35-27(25)30-26(31)20-14-22(23-12-10-17(4)34-23)29-21-8-6-5-7-18(20)21/h5-8,10,12,14-16H,9,11,13H2,1-4H3,(H,30,31). The van der Waals surface area contributed by atoms with Gasteiger partial charge in [0.25, 0.3) is 5.91 Å². The first-order valence-corrected chi connectivity index (χ1v) is 12.7. The van der Waals surface area contributed by atoms with E-state index in [0.717, 1.165) is 40.8 Å². The molecule has 1 atom stereocenters. The number of nitrogens with one attached hydrogen (secondary N) is 1. The number of benzene rings is 1. The highest BCUT2D eigenvalue weighted by atomic mass is 32.1. The summed E-state index contributed by atoms with van der Waals surface area (Å²) >= 11 is 1.49. The molecule has 1 aliphatic carbocycles. The van der Waals surface area contributed by atoms with Gasteiger partial charge in [-0.2, -0.15) is 0 Å². The van der Waals surface area contributed by atoms with E-state index in [1.807, 2.05) is 57.2 Å². The topological polar surface area (TPSA) is 81.4 Å². The maximum absolute atomic E-state index is 13.7. The molecule has 35 heavy (non-hydrogen) atoms. The predicted molar refractivity (Wildman–Crippen MR) is 138 cm³/mol. The summed E-state index contributed by atoms with van der Waals surface area (Å²) in [5, 5.41) is 4.34. The molecule has 0 saturated heterocycles. The summed E-state index contributed by atoms with van der Waals surface area (Å²) in [6.07, 6.45) is 2.48. The van der Waals surface area contributed by atoms with Gasteiger partial charge < -0.3 is 14.5 Å². The summed E-state index contributed by atoms with van der Waals surface area (Å²) in [4.78, 5) is 32.6. The number of aryl methyl sites for hydroxylation is 1. The maximum atomic E-state index is 13.7. The average molecular weight is 489 g/mol. The molecule has 5 rings (SSSR count). The van der Waals surface area contributed by atoms with Crippen molar-refractivity contribution in [1.29, 1.82) is 0 Å². The van der Waals surface area contributed by atoms with Crippen LogP contribution in [0.4, 0.5) is 5.00 Å². The molecule has 1 aromatic carbocycles. The van der Waals surface area contributed by atoms with E-state index >= 15 is 0 Å². The van der Waals surface area contributed by atoms with Gasteiger partial charge in [-0.25, -0.2) is 9.78 Å². The molecular formula is C28H28N2O4S. The third-order valence-electron chi connectivity index (χ3n) is 6.24. The van der Waals surface area contributed by atoms with Crippen molar-refractivity contribution in [2.24, 2.45) is 5.92 Å². The minimum Gasteiger partial charge on any atom is -0.460 e. The Morgan fingerprint density at radius 3 is 2.74 bits per heavy atom. The molecular weight excluding hydrogens is 460 g/mol. The van der Waals surface area contributed by atoms with Crippen molar-refractivity contribution >= 4 is 39.1 Å². The molecule has 0 radical (unpaired) electrons. The van der Waals surface area contributed by atoms with E-state index in [-0.39, 0.29) is 18.0 Å². The van der Waals surface area contributed by atoms with Gasteiger partial charge in [0.2, 0.25) is 0 Å². The van der Waals surface area contributed by atoms with Crippen molar-refractivity contribution < 1.29 is 18.7 Å². The number of ether oxygens (including phenoxy) is 1. The number of nitrogens with zero attached hydrogens (tertiary/aromatic N) is 1. The highest BCUT2D eigenvalue weighted by Crippen LogP contribution is 2.40. The van der Waals surface area contributed by atoms with Gasteiger partial charge in [0, 0.05) is 10.3 Å². The maximum Gasteiger partial charge on any atom is 0.341 e. The summed E-state index contributed by atoms with van der Waals surface area (Å²) in [7, 11) is 0. The average Bonchev–Trinajstić information content (AvgIpc) is 3.40. The Bertz CT molecular complexity index is 1430. The molecule has 3 aromatic heterocycles. The lowest BCUT2D eigenvalue weighted by atomic mass is 9.88. The Labute approximate surface area is 208 Å². The first-order chi connectivity index (χ1) is 16.8. The Morgan fingerprint density at radius 2 is 2.00 bits per heavy atom. The van der Waals surface area contributed by atoms with Crippen LogP contribution in [0, 0.1) is 12.8 Å². The van der Waals surface area contributed by atoms with E-state index in [2.05, 4.69) is 12.2 Å². The molecule has 0 aliphatic heterocycles. The highest BCUT2D eigenvalue weighted by Gasteiger charge is 2.30. The van der Waals surface area contributed by atoms with E-state index in [1.54, 1.807) is 6.07 Å². The van der Waals surface area contributed by atoms with Gasteiger partial charge in [0.15, 0.2) is 5.76 Å². The lowest BCUT2D eigenvalue weighted by Crippen LogP contribution is -2.19. The monoisotopic (exact) mass is 488 g/mol. The van der Waals surface area contributed by atoms with Crippen molar-refractivity contribution in [2.75, 3.05) is 5.32 Å². The minimum absolute atomic E-state index is 0.243. The normalized spacial score (nSPS) is 15.3. The van der Waals surface area contributed by atoms with Crippen LogP contribution in [0.5, 0.6) is 0 Å². The fourth-order valence-corrected chi connectivity index (χ4v) is 5.95. The quantitative estimate of drug-likeness (QED) is 0.312. The van der Waals surface area contributed by atoms with Crippen molar-refractivity contribution in [1.82, 2.24) is 4.98 Å². The fourth-order valence-electron chi connectivity index (χ4n) is 4.56. The number of esters is 1. The first-order valence-electron chi connectivity index (χ1n) is 11.9. The van der Waals surface area contributed by atoms with Crippen molar-refractivity contribution in [3.05, 3.63) is 69.8 Å². The number of amides is 1. The van der Waals surface area contributed by atoms with Gasteiger partial charge >= 0.3 is 5.97 Å². The number of furan rings is 1. The van der Waals surface area contributed by atoms with Crippen LogP contribution in [-0.4, -0.2) is 23.0 Å². The SMILES string of the molecule is Cc1ccc(-c2cc(C(=O)Nc3sc4c(c3C(=O)OC(C)C)CCC(C)C4)c3ccccc3n2)o1. The molecule has 6 nitrogen and oxygen atoms in total. The Balaban J connectivity index is 1.57. The lowest BCUT2D eigenvalue weighted by molar-refractivity contribution is 0.0378. The Kier molecular flexibility index (Phi) is 6.19. The first kappa shape index (κ1) is 23.3. The lowest BCUT2D eigenvalue weighted by Gasteiger charge is -2.19. The summed E-state index contributed by atoms with van der Waals surface area (Å²) < 4.78 is 11.3. The van der Waals surface area contributed by atoms with Gasteiger partial charge in [0.05, 0.1) is 22.7 Å². The molecule has 7 heteroatoms. The van der Waals surface area contributed by atoms with Crippen LogP contribution in [0.3, 0.4) is 0 Å². The molecule has 1 N–H and O–H groups in total. The number of anilines is 1. The van der Waals surface area contributed by atoms with Crippen LogP contribution in [0.15, 0.2) is 46.9 Å². The molecule has 0 fully saturated rings. The van der Waals surface area contributed by atoms with Crippen molar-refractivity contribution in [3.63, 3.8) is 0 Å². The second-order valence-corrected chi connectivity index (χ2v) is 10.6. The van der Waals surface area contributed by atoms with E-state index < -0.39 is 0 Å². The van der Waals surface area contributed by atoms with Crippen LogP contribution in [0.2, 0.25) is 0 Å². The van der Waals surface area contributed by atoms with Crippen LogP contribution < -0.4 is 5.32 Å². The van der Waals surface area contributed by atoms with Gasteiger partial charge in [0.1, 0.15) is 16.5 Å². The van der Waals surface area contributed by atoms with Crippen molar-refractivity contribution in [2.45, 2.75) is 53.1 Å². The Morgan fingerprint density at radius 1 is 1.20 bits per heavy atom.